The summed E-state index contributed by atoms with van der Waals surface area (Å²) in [5.74, 6) is -0.799. The van der Waals surface area contributed by atoms with E-state index in [0.717, 1.165) is 0 Å². The third-order valence-corrected chi connectivity index (χ3v) is 4.22. The van der Waals surface area contributed by atoms with Crippen LogP contribution in [0.3, 0.4) is 0 Å². The number of amides is 1. The van der Waals surface area contributed by atoms with E-state index >= 15 is 0 Å². The van der Waals surface area contributed by atoms with Crippen LogP contribution >= 0.6 is 31.9 Å². The van der Waals surface area contributed by atoms with E-state index in [1.165, 1.54) is 12.1 Å². The molecule has 0 bridgehead atoms. The van der Waals surface area contributed by atoms with E-state index in [0.29, 0.717) is 14.7 Å². The lowest BCUT2D eigenvalue weighted by molar-refractivity contribution is -0.385. The molecule has 0 heterocycles. The quantitative estimate of drug-likeness (QED) is 0.362. The second-order valence-corrected chi connectivity index (χ2v) is 6.56. The van der Waals surface area contributed by atoms with E-state index in [1.54, 1.807) is 24.3 Å². The molecule has 2 aromatic rings. The Morgan fingerprint density at radius 2 is 1.69 bits per heavy atom. The van der Waals surface area contributed by atoms with Gasteiger partial charge in [-0.3, -0.25) is 14.9 Å². The summed E-state index contributed by atoms with van der Waals surface area (Å²) in [5, 5.41) is 13.3. The monoisotopic (exact) mass is 486 g/mol. The van der Waals surface area contributed by atoms with Crippen LogP contribution in [0.15, 0.2) is 51.4 Å². The highest BCUT2D eigenvalue weighted by molar-refractivity contribution is 9.11. The van der Waals surface area contributed by atoms with E-state index in [9.17, 15) is 19.7 Å². The van der Waals surface area contributed by atoms with Gasteiger partial charge in [0.05, 0.1) is 10.6 Å². The molecule has 2 rings (SSSR count). The molecule has 0 atom stereocenters. The summed E-state index contributed by atoms with van der Waals surface area (Å²) in [6.07, 6.45) is 0. The largest absolute Gasteiger partial charge is 0.482 e. The highest BCUT2D eigenvalue weighted by Crippen LogP contribution is 2.35. The zero-order chi connectivity index (χ0) is 19.1. The molecule has 10 heteroatoms. The fourth-order valence-electron chi connectivity index (χ4n) is 1.81. The molecule has 0 unspecified atom stereocenters. The van der Waals surface area contributed by atoms with Crippen LogP contribution in [0, 0.1) is 10.1 Å². The lowest BCUT2D eigenvalue weighted by Crippen LogP contribution is -2.24. The van der Waals surface area contributed by atoms with Gasteiger partial charge in [-0.15, -0.1) is 0 Å². The van der Waals surface area contributed by atoms with Crippen molar-refractivity contribution in [1.82, 2.24) is 0 Å². The molecular formula is C16H12Br2N2O6. The number of rotatable bonds is 7. The molecule has 0 aliphatic carbocycles. The zero-order valence-electron chi connectivity index (χ0n) is 13.1. The van der Waals surface area contributed by atoms with Crippen LogP contribution in [0.25, 0.3) is 0 Å². The van der Waals surface area contributed by atoms with Gasteiger partial charge in [-0.2, -0.15) is 0 Å². The number of nitro benzene ring substituents is 1. The van der Waals surface area contributed by atoms with Gasteiger partial charge in [0, 0.05) is 21.1 Å². The summed E-state index contributed by atoms with van der Waals surface area (Å²) in [6.45, 7) is -0.852. The molecule has 0 aromatic heterocycles. The highest BCUT2D eigenvalue weighted by atomic mass is 79.9. The second-order valence-electron chi connectivity index (χ2n) is 4.85. The number of halogens is 2. The second kappa shape index (κ2) is 9.30. The minimum absolute atomic E-state index is 0.147. The van der Waals surface area contributed by atoms with Crippen LogP contribution in [0.5, 0.6) is 5.75 Å². The smallest absolute Gasteiger partial charge is 0.344 e. The van der Waals surface area contributed by atoms with Crippen molar-refractivity contribution in [1.29, 1.82) is 0 Å². The number of carbonyl (C=O) groups is 2. The van der Waals surface area contributed by atoms with E-state index in [2.05, 4.69) is 37.2 Å². The Labute approximate surface area is 164 Å². The molecule has 0 radical (unpaired) electrons. The number of nitro groups is 1. The SMILES string of the molecule is O=C(COC(=O)COc1ccccc1)Nc1c(Br)cc([N+](=O)[O-])cc1Br. The molecule has 0 spiro atoms. The number of anilines is 1. The van der Waals surface area contributed by atoms with Crippen LogP contribution in [0.1, 0.15) is 0 Å². The molecule has 1 amide bonds. The highest BCUT2D eigenvalue weighted by Gasteiger charge is 2.16. The maximum absolute atomic E-state index is 11.9. The lowest BCUT2D eigenvalue weighted by atomic mass is 10.3. The normalized spacial score (nSPS) is 10.1. The van der Waals surface area contributed by atoms with Gasteiger partial charge in [-0.25, -0.2) is 4.79 Å². The predicted octanol–water partition coefficient (Wildman–Crippen LogP) is 3.68. The Kier molecular flexibility index (Phi) is 7.10. The van der Waals surface area contributed by atoms with Gasteiger partial charge >= 0.3 is 5.97 Å². The third-order valence-electron chi connectivity index (χ3n) is 2.97. The molecule has 0 aliphatic rings. The first-order chi connectivity index (χ1) is 12.4. The van der Waals surface area contributed by atoms with Crippen molar-refractivity contribution < 1.29 is 24.0 Å². The van der Waals surface area contributed by atoms with Crippen LogP contribution in [0.4, 0.5) is 11.4 Å². The van der Waals surface area contributed by atoms with Crippen LogP contribution in [-0.2, 0) is 14.3 Å². The van der Waals surface area contributed by atoms with E-state index in [-0.39, 0.29) is 18.0 Å². The molecule has 8 nitrogen and oxygen atoms in total. The van der Waals surface area contributed by atoms with Crippen molar-refractivity contribution in [3.05, 3.63) is 61.5 Å². The molecule has 1 N–H and O–H groups in total. The first kappa shape index (κ1) is 19.9. The Morgan fingerprint density at radius 3 is 2.27 bits per heavy atom. The van der Waals surface area contributed by atoms with Gasteiger partial charge in [-0.05, 0) is 44.0 Å². The van der Waals surface area contributed by atoms with Crippen molar-refractivity contribution in [2.75, 3.05) is 18.5 Å². The molecule has 0 fully saturated rings. The minimum Gasteiger partial charge on any atom is -0.482 e. The minimum atomic E-state index is -0.703. The number of esters is 1. The maximum Gasteiger partial charge on any atom is 0.344 e. The number of non-ortho nitro benzene ring substituents is 1. The van der Waals surface area contributed by atoms with Gasteiger partial charge in [0.1, 0.15) is 5.75 Å². The van der Waals surface area contributed by atoms with Crippen molar-refractivity contribution >= 4 is 55.1 Å². The van der Waals surface area contributed by atoms with Crippen molar-refractivity contribution in [3.8, 4) is 5.75 Å². The van der Waals surface area contributed by atoms with Crippen LogP contribution in [0.2, 0.25) is 0 Å². The zero-order valence-corrected chi connectivity index (χ0v) is 16.3. The Morgan fingerprint density at radius 1 is 1.08 bits per heavy atom. The number of hydrogen-bond acceptors (Lipinski definition) is 6. The number of ether oxygens (including phenoxy) is 2. The van der Waals surface area contributed by atoms with Crippen molar-refractivity contribution in [2.45, 2.75) is 0 Å². The van der Waals surface area contributed by atoms with E-state index < -0.39 is 23.4 Å². The number of carbonyl (C=O) groups excluding carboxylic acids is 2. The lowest BCUT2D eigenvalue weighted by Gasteiger charge is -2.10. The van der Waals surface area contributed by atoms with Gasteiger partial charge in [0.15, 0.2) is 13.2 Å². The number of hydrogen-bond donors (Lipinski definition) is 1. The van der Waals surface area contributed by atoms with Crippen molar-refractivity contribution in [2.24, 2.45) is 0 Å². The summed E-state index contributed by atoms with van der Waals surface area (Å²) in [5.41, 5.74) is 0.142. The van der Waals surface area contributed by atoms with Gasteiger partial charge < -0.3 is 14.8 Å². The third kappa shape index (κ3) is 5.81. The van der Waals surface area contributed by atoms with E-state index in [4.69, 9.17) is 9.47 Å². The summed E-state index contributed by atoms with van der Waals surface area (Å²) in [7, 11) is 0. The molecule has 136 valence electrons. The molecule has 0 aliphatic heterocycles. The first-order valence-electron chi connectivity index (χ1n) is 7.13. The van der Waals surface area contributed by atoms with Gasteiger partial charge in [0.2, 0.25) is 0 Å². The number of nitrogens with zero attached hydrogens (tertiary/aromatic N) is 1. The summed E-state index contributed by atoms with van der Waals surface area (Å²) in [4.78, 5) is 33.7. The Balaban J connectivity index is 1.85. The average Bonchev–Trinajstić information content (AvgIpc) is 2.61. The summed E-state index contributed by atoms with van der Waals surface area (Å²) in [6, 6.07) is 11.2. The Hall–Kier alpha value is -2.46. The molecule has 2 aromatic carbocycles. The first-order valence-corrected chi connectivity index (χ1v) is 8.72. The molecule has 26 heavy (non-hydrogen) atoms. The number of benzene rings is 2. The predicted molar refractivity (Wildman–Crippen MR) is 100 cm³/mol. The molecular weight excluding hydrogens is 476 g/mol. The summed E-state index contributed by atoms with van der Waals surface area (Å²) >= 11 is 6.30. The summed E-state index contributed by atoms with van der Waals surface area (Å²) < 4.78 is 10.7. The molecule has 0 saturated carbocycles. The van der Waals surface area contributed by atoms with Crippen LogP contribution < -0.4 is 10.1 Å². The fraction of sp³-hybridized carbons (Fsp3) is 0.125. The van der Waals surface area contributed by atoms with Crippen LogP contribution in [-0.4, -0.2) is 30.0 Å². The van der Waals surface area contributed by atoms with E-state index in [1.807, 2.05) is 6.07 Å². The van der Waals surface area contributed by atoms with Gasteiger partial charge in [-0.1, -0.05) is 18.2 Å². The Bertz CT molecular complexity index is 806. The fourth-order valence-corrected chi connectivity index (χ4v) is 3.17. The topological polar surface area (TPSA) is 108 Å². The van der Waals surface area contributed by atoms with Crippen molar-refractivity contribution in [3.63, 3.8) is 0 Å². The average molecular weight is 488 g/mol. The number of para-hydroxylation sites is 1. The molecule has 0 saturated heterocycles. The van der Waals surface area contributed by atoms with Gasteiger partial charge in [0.25, 0.3) is 11.6 Å². The maximum atomic E-state index is 11.9. The standard InChI is InChI=1S/C16H12Br2N2O6/c17-12-6-10(20(23)24)7-13(18)16(12)19-14(21)8-26-15(22)9-25-11-4-2-1-3-5-11/h1-7H,8-9H2,(H,19,21). The number of nitrogens with one attached hydrogen (secondary N) is 1.